The molecule has 2 rings (SSSR count). The summed E-state index contributed by atoms with van der Waals surface area (Å²) in [5.74, 6) is -0.698. The molecule has 0 fully saturated rings. The Morgan fingerprint density at radius 2 is 1.90 bits per heavy atom. The maximum atomic E-state index is 11.8. The van der Waals surface area contributed by atoms with Crippen molar-refractivity contribution in [1.82, 2.24) is 10.3 Å². The number of benzene rings is 1. The van der Waals surface area contributed by atoms with E-state index in [-0.39, 0.29) is 23.5 Å². The van der Waals surface area contributed by atoms with E-state index in [0.717, 1.165) is 4.47 Å². The average Bonchev–Trinajstić information content (AvgIpc) is 2.47. The van der Waals surface area contributed by atoms with Gasteiger partial charge in [-0.2, -0.15) is 0 Å². The smallest absolute Gasteiger partial charge is 0.251 e. The molecule has 7 heteroatoms. The Kier molecular flexibility index (Phi) is 5.30. The number of amides is 2. The van der Waals surface area contributed by atoms with Crippen LogP contribution < -0.4 is 10.6 Å². The van der Waals surface area contributed by atoms with Gasteiger partial charge in [0, 0.05) is 21.9 Å². The minimum atomic E-state index is -0.384. The van der Waals surface area contributed by atoms with Gasteiger partial charge < -0.3 is 10.6 Å². The second-order valence-electron chi connectivity index (χ2n) is 4.10. The molecule has 0 atom stereocenters. The van der Waals surface area contributed by atoms with Gasteiger partial charge in [0.15, 0.2) is 0 Å². The summed E-state index contributed by atoms with van der Waals surface area (Å²) in [6.07, 6.45) is 1.43. The normalized spacial score (nSPS) is 10.0. The summed E-state index contributed by atoms with van der Waals surface area (Å²) in [6, 6.07) is 10.1. The SMILES string of the molecule is O=C(CNC(=O)c1ccnc(Cl)c1)Nc1ccc(Br)cc1. The number of hydrogen-bond donors (Lipinski definition) is 2. The predicted octanol–water partition coefficient (Wildman–Crippen LogP) is 2.87. The van der Waals surface area contributed by atoms with Crippen molar-refractivity contribution in [3.63, 3.8) is 0 Å². The molecule has 1 aromatic heterocycles. The van der Waals surface area contributed by atoms with Gasteiger partial charge in [-0.25, -0.2) is 4.98 Å². The summed E-state index contributed by atoms with van der Waals surface area (Å²) >= 11 is 9.01. The lowest BCUT2D eigenvalue weighted by Crippen LogP contribution is -2.32. The zero-order valence-electron chi connectivity index (χ0n) is 10.8. The largest absolute Gasteiger partial charge is 0.343 e. The van der Waals surface area contributed by atoms with E-state index in [1.165, 1.54) is 18.3 Å². The molecule has 0 aliphatic heterocycles. The van der Waals surface area contributed by atoms with Gasteiger partial charge in [0.1, 0.15) is 5.15 Å². The average molecular weight is 369 g/mol. The number of hydrogen-bond acceptors (Lipinski definition) is 3. The highest BCUT2D eigenvalue weighted by molar-refractivity contribution is 9.10. The van der Waals surface area contributed by atoms with Crippen molar-refractivity contribution in [1.29, 1.82) is 0 Å². The second-order valence-corrected chi connectivity index (χ2v) is 5.41. The highest BCUT2D eigenvalue weighted by atomic mass is 79.9. The summed E-state index contributed by atoms with van der Waals surface area (Å²) in [6.45, 7) is -0.130. The Bertz CT molecular complexity index is 662. The van der Waals surface area contributed by atoms with E-state index in [1.807, 2.05) is 12.1 Å². The summed E-state index contributed by atoms with van der Waals surface area (Å²) in [7, 11) is 0. The molecular weight excluding hydrogens is 358 g/mol. The van der Waals surface area contributed by atoms with Crippen LogP contribution in [0.2, 0.25) is 5.15 Å². The van der Waals surface area contributed by atoms with Crippen molar-refractivity contribution in [2.45, 2.75) is 0 Å². The standard InChI is InChI=1S/C14H11BrClN3O2/c15-10-1-3-11(4-2-10)19-13(20)8-18-14(21)9-5-6-17-12(16)7-9/h1-7H,8H2,(H,18,21)(H,19,20). The molecule has 0 aliphatic carbocycles. The Balaban J connectivity index is 1.86. The third-order valence-corrected chi connectivity index (χ3v) is 3.26. The molecule has 21 heavy (non-hydrogen) atoms. The van der Waals surface area contributed by atoms with Crippen LogP contribution in [0, 0.1) is 0 Å². The number of rotatable bonds is 4. The number of carbonyl (C=O) groups is 2. The van der Waals surface area contributed by atoms with Crippen LogP contribution in [-0.4, -0.2) is 23.3 Å². The van der Waals surface area contributed by atoms with E-state index >= 15 is 0 Å². The molecule has 0 unspecified atom stereocenters. The van der Waals surface area contributed by atoms with Crippen LogP contribution in [0.25, 0.3) is 0 Å². The topological polar surface area (TPSA) is 71.1 Å². The fourth-order valence-corrected chi connectivity index (χ4v) is 1.98. The number of pyridine rings is 1. The van der Waals surface area contributed by atoms with Crippen molar-refractivity contribution in [3.8, 4) is 0 Å². The second kappa shape index (κ2) is 7.19. The van der Waals surface area contributed by atoms with Crippen molar-refractivity contribution in [2.75, 3.05) is 11.9 Å². The van der Waals surface area contributed by atoms with Crippen LogP contribution in [0.5, 0.6) is 0 Å². The van der Waals surface area contributed by atoms with Gasteiger partial charge in [-0.1, -0.05) is 27.5 Å². The van der Waals surface area contributed by atoms with Crippen LogP contribution >= 0.6 is 27.5 Å². The van der Waals surface area contributed by atoms with Crippen LogP contribution in [0.1, 0.15) is 10.4 Å². The number of aromatic nitrogens is 1. The van der Waals surface area contributed by atoms with Gasteiger partial charge in [-0.15, -0.1) is 0 Å². The summed E-state index contributed by atoms with van der Waals surface area (Å²) in [4.78, 5) is 27.3. The van der Waals surface area contributed by atoms with Gasteiger partial charge in [0.2, 0.25) is 5.91 Å². The fourth-order valence-electron chi connectivity index (χ4n) is 1.54. The molecule has 108 valence electrons. The van der Waals surface area contributed by atoms with E-state index in [1.54, 1.807) is 12.1 Å². The van der Waals surface area contributed by atoms with Gasteiger partial charge in [-0.05, 0) is 36.4 Å². The summed E-state index contributed by atoms with van der Waals surface area (Å²) < 4.78 is 0.920. The lowest BCUT2D eigenvalue weighted by Gasteiger charge is -2.07. The molecule has 1 heterocycles. The maximum Gasteiger partial charge on any atom is 0.251 e. The molecule has 0 saturated carbocycles. The zero-order valence-corrected chi connectivity index (χ0v) is 13.1. The van der Waals surface area contributed by atoms with E-state index in [9.17, 15) is 9.59 Å². The molecular formula is C14H11BrClN3O2. The Labute approximate surface area is 134 Å². The first-order valence-corrected chi connectivity index (χ1v) is 7.17. The quantitative estimate of drug-likeness (QED) is 0.815. The minimum absolute atomic E-state index is 0.130. The van der Waals surface area contributed by atoms with Crippen LogP contribution in [0.15, 0.2) is 47.1 Å². The van der Waals surface area contributed by atoms with E-state index < -0.39 is 0 Å². The molecule has 2 aromatic rings. The summed E-state index contributed by atoms with van der Waals surface area (Å²) in [5.41, 5.74) is 1.01. The maximum absolute atomic E-state index is 11.8. The van der Waals surface area contributed by atoms with Crippen molar-refractivity contribution >= 4 is 45.0 Å². The van der Waals surface area contributed by atoms with Crippen molar-refractivity contribution < 1.29 is 9.59 Å². The molecule has 0 bridgehead atoms. The van der Waals surface area contributed by atoms with Gasteiger partial charge in [0.25, 0.3) is 5.91 Å². The Morgan fingerprint density at radius 3 is 2.57 bits per heavy atom. The van der Waals surface area contributed by atoms with E-state index in [2.05, 4.69) is 31.5 Å². The van der Waals surface area contributed by atoms with Gasteiger partial charge in [0.05, 0.1) is 6.54 Å². The minimum Gasteiger partial charge on any atom is -0.343 e. The van der Waals surface area contributed by atoms with Crippen LogP contribution in [-0.2, 0) is 4.79 Å². The molecule has 2 N–H and O–H groups in total. The number of halogens is 2. The highest BCUT2D eigenvalue weighted by Gasteiger charge is 2.08. The summed E-state index contributed by atoms with van der Waals surface area (Å²) in [5, 5.41) is 5.41. The Morgan fingerprint density at radius 1 is 1.19 bits per heavy atom. The van der Waals surface area contributed by atoms with Crippen molar-refractivity contribution in [3.05, 3.63) is 57.8 Å². The lowest BCUT2D eigenvalue weighted by atomic mass is 10.2. The molecule has 1 aromatic carbocycles. The van der Waals surface area contributed by atoms with E-state index in [0.29, 0.717) is 11.3 Å². The van der Waals surface area contributed by atoms with Crippen LogP contribution in [0.4, 0.5) is 5.69 Å². The molecule has 0 spiro atoms. The molecule has 5 nitrogen and oxygen atoms in total. The number of carbonyl (C=O) groups excluding carboxylic acids is 2. The fraction of sp³-hybridized carbons (Fsp3) is 0.0714. The number of nitrogens with zero attached hydrogens (tertiary/aromatic N) is 1. The number of anilines is 1. The van der Waals surface area contributed by atoms with E-state index in [4.69, 9.17) is 11.6 Å². The first-order valence-electron chi connectivity index (χ1n) is 6.00. The lowest BCUT2D eigenvalue weighted by molar-refractivity contribution is -0.115. The van der Waals surface area contributed by atoms with Gasteiger partial charge >= 0.3 is 0 Å². The van der Waals surface area contributed by atoms with Crippen LogP contribution in [0.3, 0.4) is 0 Å². The predicted molar refractivity (Wildman–Crippen MR) is 84.4 cm³/mol. The first-order chi connectivity index (χ1) is 10.0. The Hall–Kier alpha value is -1.92. The molecule has 2 amide bonds. The third-order valence-electron chi connectivity index (χ3n) is 2.53. The molecule has 0 saturated heterocycles. The monoisotopic (exact) mass is 367 g/mol. The zero-order chi connectivity index (χ0) is 15.2. The van der Waals surface area contributed by atoms with Crippen molar-refractivity contribution in [2.24, 2.45) is 0 Å². The first kappa shape index (κ1) is 15.5. The molecule has 0 radical (unpaired) electrons. The van der Waals surface area contributed by atoms with Gasteiger partial charge in [-0.3, -0.25) is 9.59 Å². The third kappa shape index (κ3) is 4.84. The highest BCUT2D eigenvalue weighted by Crippen LogP contribution is 2.13. The number of nitrogens with one attached hydrogen (secondary N) is 2. The molecule has 0 aliphatic rings.